The topological polar surface area (TPSA) is 91.3 Å². The van der Waals surface area contributed by atoms with Gasteiger partial charge >= 0.3 is 7.12 Å². The van der Waals surface area contributed by atoms with Gasteiger partial charge in [-0.15, -0.1) is 0 Å². The molecule has 3 rings (SSSR count). The zero-order valence-corrected chi connectivity index (χ0v) is 15.2. The van der Waals surface area contributed by atoms with E-state index < -0.39 is 7.12 Å². The van der Waals surface area contributed by atoms with Gasteiger partial charge in [0.1, 0.15) is 11.8 Å². The molecule has 0 aliphatic heterocycles. The molecule has 2 aromatic carbocycles. The normalized spacial score (nSPS) is 11.9. The van der Waals surface area contributed by atoms with E-state index >= 15 is 0 Å². The number of imidazole rings is 1. The number of para-hydroxylation sites is 2. The molecule has 0 aliphatic rings. The number of fused-ring (bicyclic) bond motifs is 1. The van der Waals surface area contributed by atoms with Crippen molar-refractivity contribution in [3.05, 3.63) is 59.9 Å². The first-order valence-electron chi connectivity index (χ1n) is 8.96. The minimum atomic E-state index is -1.39. The summed E-state index contributed by atoms with van der Waals surface area (Å²) < 4.78 is 7.30. The maximum absolute atomic E-state index is 9.49. The van der Waals surface area contributed by atoms with Gasteiger partial charge in [-0.05, 0) is 54.9 Å². The molecule has 0 amide bonds. The highest BCUT2D eigenvalue weighted by Gasteiger charge is 2.20. The summed E-state index contributed by atoms with van der Waals surface area (Å²) in [4.78, 5) is 4.40. The molecule has 0 fully saturated rings. The highest BCUT2D eigenvalue weighted by Crippen LogP contribution is 2.30. The second kappa shape index (κ2) is 8.71. The Hall–Kier alpha value is -2.82. The third-order valence-electron chi connectivity index (χ3n) is 4.79. The largest absolute Gasteiger partial charge is 0.495 e. The number of rotatable bonds is 8. The fourth-order valence-electron chi connectivity index (χ4n) is 3.44. The van der Waals surface area contributed by atoms with Gasteiger partial charge in [0.2, 0.25) is 0 Å². The van der Waals surface area contributed by atoms with Gasteiger partial charge in [0.15, 0.2) is 0 Å². The van der Waals surface area contributed by atoms with E-state index in [1.165, 1.54) is 7.11 Å². The van der Waals surface area contributed by atoms with Crippen LogP contribution in [-0.2, 0) is 6.54 Å². The van der Waals surface area contributed by atoms with Crippen LogP contribution in [0.1, 0.15) is 29.9 Å². The molecule has 0 saturated carbocycles. The Labute approximate surface area is 158 Å². The van der Waals surface area contributed by atoms with Crippen LogP contribution in [-0.4, -0.2) is 33.8 Å². The molecule has 0 spiro atoms. The molecule has 1 atom stereocenters. The van der Waals surface area contributed by atoms with Crippen LogP contribution in [0.25, 0.3) is 11.0 Å². The van der Waals surface area contributed by atoms with Gasteiger partial charge in [-0.25, -0.2) is 4.98 Å². The molecule has 0 radical (unpaired) electrons. The average molecular weight is 363 g/mol. The van der Waals surface area contributed by atoms with Crippen LogP contribution >= 0.6 is 0 Å². The van der Waals surface area contributed by atoms with Crippen molar-refractivity contribution in [1.29, 1.82) is 5.26 Å². The molecule has 6 nitrogen and oxygen atoms in total. The molecule has 0 aliphatic carbocycles. The number of hydrogen-bond donors (Lipinski definition) is 2. The average Bonchev–Trinajstić information content (AvgIpc) is 3.09. The lowest BCUT2D eigenvalue weighted by Gasteiger charge is -2.18. The van der Waals surface area contributed by atoms with Gasteiger partial charge in [-0.3, -0.25) is 0 Å². The van der Waals surface area contributed by atoms with Crippen molar-refractivity contribution in [3.63, 3.8) is 0 Å². The minimum absolute atomic E-state index is 0.0576. The van der Waals surface area contributed by atoms with E-state index in [1.807, 2.05) is 36.7 Å². The second-order valence-electron chi connectivity index (χ2n) is 6.55. The Kier molecular flexibility index (Phi) is 6.12. The summed E-state index contributed by atoms with van der Waals surface area (Å²) in [6.07, 6.45) is 3.68. The fraction of sp³-hybridized carbons (Fsp3) is 0.300. The summed E-state index contributed by atoms with van der Waals surface area (Å²) in [7, 11) is 0.136. The fourth-order valence-corrected chi connectivity index (χ4v) is 3.44. The number of benzene rings is 2. The molecule has 1 heterocycles. The lowest BCUT2D eigenvalue weighted by Crippen LogP contribution is -2.16. The van der Waals surface area contributed by atoms with Crippen molar-refractivity contribution < 1.29 is 14.8 Å². The first kappa shape index (κ1) is 19.0. The predicted molar refractivity (Wildman–Crippen MR) is 104 cm³/mol. The summed E-state index contributed by atoms with van der Waals surface area (Å²) in [5, 5.41) is 28.3. The van der Waals surface area contributed by atoms with E-state index in [0.29, 0.717) is 11.3 Å². The summed E-state index contributed by atoms with van der Waals surface area (Å²) in [6, 6.07) is 15.5. The predicted octanol–water partition coefficient (Wildman–Crippen LogP) is 2.95. The van der Waals surface area contributed by atoms with Gasteiger partial charge in [0, 0.05) is 6.54 Å². The van der Waals surface area contributed by atoms with Crippen LogP contribution in [0, 0.1) is 11.3 Å². The first-order valence-corrected chi connectivity index (χ1v) is 8.96. The van der Waals surface area contributed by atoms with Crippen molar-refractivity contribution in [1.82, 2.24) is 9.55 Å². The van der Waals surface area contributed by atoms with E-state index in [4.69, 9.17) is 4.74 Å². The minimum Gasteiger partial charge on any atom is -0.495 e. The molecule has 0 saturated heterocycles. The highest BCUT2D eigenvalue weighted by molar-refractivity contribution is 6.41. The lowest BCUT2D eigenvalue weighted by atomic mass is 9.73. The van der Waals surface area contributed by atoms with Crippen LogP contribution in [0.4, 0.5) is 0 Å². The molecule has 2 N–H and O–H groups in total. The second-order valence-corrected chi connectivity index (χ2v) is 6.55. The lowest BCUT2D eigenvalue weighted by molar-refractivity contribution is 0.393. The summed E-state index contributed by atoms with van der Waals surface area (Å²) in [5.74, 6) is 0.465. The molecule has 0 bridgehead atoms. The number of hydrogen-bond acceptors (Lipinski definition) is 5. The zero-order chi connectivity index (χ0) is 19.2. The van der Waals surface area contributed by atoms with Crippen LogP contribution < -0.4 is 4.74 Å². The van der Waals surface area contributed by atoms with Crippen molar-refractivity contribution in [2.45, 2.75) is 31.6 Å². The van der Waals surface area contributed by atoms with Gasteiger partial charge in [0.05, 0.1) is 30.0 Å². The Balaban J connectivity index is 1.73. The maximum Gasteiger partial charge on any atom is 0.452 e. The Morgan fingerprint density at radius 3 is 2.81 bits per heavy atom. The van der Waals surface area contributed by atoms with Crippen LogP contribution in [0.15, 0.2) is 48.8 Å². The van der Waals surface area contributed by atoms with E-state index in [1.54, 1.807) is 12.1 Å². The first-order chi connectivity index (χ1) is 13.1. The van der Waals surface area contributed by atoms with Crippen LogP contribution in [0.2, 0.25) is 6.32 Å². The molecular weight excluding hydrogens is 341 g/mol. The molecule has 1 aromatic heterocycles. The number of aryl methyl sites for hydroxylation is 1. The molecule has 138 valence electrons. The monoisotopic (exact) mass is 363 g/mol. The highest BCUT2D eigenvalue weighted by atomic mass is 16.5. The number of nitrogens with zero attached hydrogens (tertiary/aromatic N) is 3. The van der Waals surface area contributed by atoms with E-state index in [-0.39, 0.29) is 12.2 Å². The van der Waals surface area contributed by atoms with E-state index in [0.717, 1.165) is 36.0 Å². The number of aromatic nitrogens is 2. The van der Waals surface area contributed by atoms with Crippen LogP contribution in [0.5, 0.6) is 5.75 Å². The molecule has 7 heteroatoms. The summed E-state index contributed by atoms with van der Waals surface area (Å²) in [6.45, 7) is 0.791. The third-order valence-corrected chi connectivity index (χ3v) is 4.79. The van der Waals surface area contributed by atoms with Crippen molar-refractivity contribution in [2.75, 3.05) is 7.11 Å². The van der Waals surface area contributed by atoms with Gasteiger partial charge in [-0.1, -0.05) is 18.2 Å². The maximum atomic E-state index is 9.49. The van der Waals surface area contributed by atoms with Crippen LogP contribution in [0.3, 0.4) is 0 Å². The Morgan fingerprint density at radius 1 is 1.26 bits per heavy atom. The van der Waals surface area contributed by atoms with Gasteiger partial charge in [0.25, 0.3) is 0 Å². The van der Waals surface area contributed by atoms with Gasteiger partial charge < -0.3 is 19.4 Å². The molecule has 3 aromatic rings. The van der Waals surface area contributed by atoms with Crippen molar-refractivity contribution in [3.8, 4) is 11.8 Å². The summed E-state index contributed by atoms with van der Waals surface area (Å²) >= 11 is 0. The van der Waals surface area contributed by atoms with Crippen molar-refractivity contribution in [2.24, 2.45) is 0 Å². The quantitative estimate of drug-likeness (QED) is 0.601. The number of methoxy groups -OCH3 is 1. The zero-order valence-electron chi connectivity index (χ0n) is 15.2. The SMILES string of the molecule is COc1ccc(C(CCCn2cnc3ccccc32)CB(O)O)cc1C#N. The Morgan fingerprint density at radius 2 is 2.07 bits per heavy atom. The van der Waals surface area contributed by atoms with E-state index in [9.17, 15) is 15.3 Å². The molecule has 27 heavy (non-hydrogen) atoms. The van der Waals surface area contributed by atoms with E-state index in [2.05, 4.69) is 15.6 Å². The molecular formula is C20H22BN3O3. The third kappa shape index (κ3) is 4.48. The standard InChI is InChI=1S/C20H22BN3O3/c1-27-20-9-8-15(11-17(20)13-22)16(12-21(25)26)5-4-10-24-14-23-18-6-2-3-7-19(18)24/h2-3,6-9,11,14,16,25-26H,4-5,10,12H2,1H3. The summed E-state index contributed by atoms with van der Waals surface area (Å²) in [5.41, 5.74) is 3.42. The van der Waals surface area contributed by atoms with Crippen molar-refractivity contribution >= 4 is 18.2 Å². The number of ether oxygens (including phenoxy) is 1. The van der Waals surface area contributed by atoms with Gasteiger partial charge in [-0.2, -0.15) is 5.26 Å². The smallest absolute Gasteiger partial charge is 0.452 e. The Bertz CT molecular complexity index is 949. The molecule has 1 unspecified atom stereocenters. The number of nitriles is 1.